The normalized spacial score (nSPS) is 11.4. The first kappa shape index (κ1) is 48.1. The topological polar surface area (TPSA) is 52.0 Å². The number of unbranched alkanes of at least 4 members (excludes halogenated alkanes) is 22. The van der Waals surface area contributed by atoms with Crippen molar-refractivity contribution in [2.24, 2.45) is 0 Å². The van der Waals surface area contributed by atoms with Gasteiger partial charge in [-0.15, -0.1) is 0 Å². The number of anilines is 2. The molecule has 0 atom stereocenters. The van der Waals surface area contributed by atoms with Gasteiger partial charge in [-0.05, 0) is 133 Å². The predicted molar refractivity (Wildman–Crippen MR) is 262 cm³/mol. The molecule has 2 heteroatoms. The Morgan fingerprint density at radius 1 is 0.271 bits per heavy atom. The van der Waals surface area contributed by atoms with Crippen LogP contribution in [0, 0.1) is 0 Å². The van der Waals surface area contributed by atoms with Gasteiger partial charge in [-0.2, -0.15) is 0 Å². The predicted octanol–water partition coefficient (Wildman–Crippen LogP) is 16.7. The molecule has 0 fully saturated rings. The second-order valence-corrected chi connectivity index (χ2v) is 18.2. The van der Waals surface area contributed by atoms with Crippen LogP contribution in [0.1, 0.15) is 219 Å². The van der Waals surface area contributed by atoms with Gasteiger partial charge < -0.3 is 11.5 Å². The number of rotatable bonds is 34. The van der Waals surface area contributed by atoms with Crippen LogP contribution in [0.4, 0.5) is 11.4 Å². The molecule has 4 aromatic carbocycles. The summed E-state index contributed by atoms with van der Waals surface area (Å²) in [4.78, 5) is 0. The number of aryl methyl sites for hydroxylation is 4. The SMILES string of the molecule is CCCCCCc1cc(N)ccc1Cc1ccc(CCCCCCCCCCCCCCCCCCCc2ccc(Cc3ccc(N)cc3CCCCCC)cc2)cc1. The summed E-state index contributed by atoms with van der Waals surface area (Å²) >= 11 is 0. The molecule has 0 aromatic heterocycles. The maximum Gasteiger partial charge on any atom is 0.0316 e. The zero-order valence-electron chi connectivity index (χ0n) is 38.2. The molecule has 324 valence electrons. The molecule has 0 spiro atoms. The summed E-state index contributed by atoms with van der Waals surface area (Å²) in [5.41, 5.74) is 25.7. The van der Waals surface area contributed by atoms with Crippen molar-refractivity contribution in [3.8, 4) is 0 Å². The van der Waals surface area contributed by atoms with Gasteiger partial charge in [-0.25, -0.2) is 0 Å². The summed E-state index contributed by atoms with van der Waals surface area (Å²) in [6.45, 7) is 4.55. The third-order valence-corrected chi connectivity index (χ3v) is 12.8. The standard InChI is InChI=1S/C57H86N2/c1-3-5-7-26-30-52-46-56(58)42-40-54(52)44-50-36-32-48(33-37-50)28-24-22-20-18-16-14-12-10-9-11-13-15-17-19-21-23-25-29-49-34-38-51(39-35-49)45-55-41-43-57(59)47-53(55)31-27-8-6-4-2/h32-43,46-47H,3-31,44-45,58-59H2,1-2H3. The van der Waals surface area contributed by atoms with E-state index < -0.39 is 0 Å². The van der Waals surface area contributed by atoms with Gasteiger partial charge in [0.2, 0.25) is 0 Å². The highest BCUT2D eigenvalue weighted by Crippen LogP contribution is 2.23. The molecular weight excluding hydrogens is 713 g/mol. The van der Waals surface area contributed by atoms with Crippen molar-refractivity contribution in [2.45, 2.75) is 213 Å². The first-order valence-electron chi connectivity index (χ1n) is 24.9. The lowest BCUT2D eigenvalue weighted by molar-refractivity contribution is 0.525. The Morgan fingerprint density at radius 3 is 0.864 bits per heavy atom. The average molecular weight is 799 g/mol. The molecule has 4 rings (SSSR count). The second kappa shape index (κ2) is 30.5. The van der Waals surface area contributed by atoms with E-state index in [1.165, 1.54) is 218 Å². The van der Waals surface area contributed by atoms with Crippen LogP contribution < -0.4 is 11.5 Å². The summed E-state index contributed by atoms with van der Waals surface area (Å²) in [6.07, 6.45) is 41.0. The number of benzene rings is 4. The van der Waals surface area contributed by atoms with E-state index in [9.17, 15) is 0 Å². The number of hydrogen-bond acceptors (Lipinski definition) is 2. The van der Waals surface area contributed by atoms with E-state index >= 15 is 0 Å². The number of hydrogen-bond donors (Lipinski definition) is 2. The highest BCUT2D eigenvalue weighted by atomic mass is 14.5. The average Bonchev–Trinajstić information content (AvgIpc) is 3.24. The van der Waals surface area contributed by atoms with E-state index in [1.807, 2.05) is 0 Å². The minimum atomic E-state index is 0.894. The van der Waals surface area contributed by atoms with Crippen molar-refractivity contribution in [3.05, 3.63) is 129 Å². The molecule has 0 amide bonds. The van der Waals surface area contributed by atoms with E-state index in [0.29, 0.717) is 0 Å². The molecule has 0 aliphatic carbocycles. The maximum atomic E-state index is 6.14. The van der Waals surface area contributed by atoms with Gasteiger partial charge in [0, 0.05) is 11.4 Å². The van der Waals surface area contributed by atoms with Crippen LogP contribution in [0.5, 0.6) is 0 Å². The molecule has 0 radical (unpaired) electrons. The Bertz CT molecular complexity index is 1510. The quantitative estimate of drug-likeness (QED) is 0.0365. The van der Waals surface area contributed by atoms with Gasteiger partial charge in [-0.3, -0.25) is 0 Å². The molecular formula is C57H86N2. The summed E-state index contributed by atoms with van der Waals surface area (Å²) in [5, 5.41) is 0. The van der Waals surface area contributed by atoms with Gasteiger partial charge >= 0.3 is 0 Å². The van der Waals surface area contributed by atoms with Gasteiger partial charge in [0.05, 0.1) is 0 Å². The molecule has 0 aliphatic heterocycles. The Balaban J connectivity index is 0.913. The van der Waals surface area contributed by atoms with Crippen molar-refractivity contribution in [3.63, 3.8) is 0 Å². The van der Waals surface area contributed by atoms with Gasteiger partial charge in [0.25, 0.3) is 0 Å². The summed E-state index contributed by atoms with van der Waals surface area (Å²) in [6, 6.07) is 31.9. The Morgan fingerprint density at radius 2 is 0.542 bits per heavy atom. The monoisotopic (exact) mass is 799 g/mol. The maximum absolute atomic E-state index is 6.14. The molecule has 0 saturated heterocycles. The molecule has 0 unspecified atom stereocenters. The lowest BCUT2D eigenvalue weighted by Crippen LogP contribution is -1.99. The zero-order chi connectivity index (χ0) is 41.6. The van der Waals surface area contributed by atoms with E-state index in [4.69, 9.17) is 11.5 Å². The Kier molecular flexibility index (Phi) is 24.9. The van der Waals surface area contributed by atoms with Gasteiger partial charge in [0.15, 0.2) is 0 Å². The highest BCUT2D eigenvalue weighted by molar-refractivity contribution is 5.47. The molecule has 0 aliphatic rings. The summed E-state index contributed by atoms with van der Waals surface area (Å²) < 4.78 is 0. The molecule has 0 heterocycles. The minimum absolute atomic E-state index is 0.894. The van der Waals surface area contributed by atoms with Gasteiger partial charge in [0.1, 0.15) is 0 Å². The fourth-order valence-electron chi connectivity index (χ4n) is 8.98. The minimum Gasteiger partial charge on any atom is -0.399 e. The van der Waals surface area contributed by atoms with Crippen molar-refractivity contribution >= 4 is 11.4 Å². The third-order valence-electron chi connectivity index (χ3n) is 12.8. The summed E-state index contributed by atoms with van der Waals surface area (Å²) in [7, 11) is 0. The van der Waals surface area contributed by atoms with Crippen molar-refractivity contribution in [2.75, 3.05) is 11.5 Å². The Hall–Kier alpha value is -3.52. The first-order valence-corrected chi connectivity index (χ1v) is 24.9. The fraction of sp³-hybridized carbons (Fsp3) is 0.579. The third kappa shape index (κ3) is 21.0. The first-order chi connectivity index (χ1) is 29.0. The smallest absolute Gasteiger partial charge is 0.0316 e. The van der Waals surface area contributed by atoms with Crippen LogP contribution in [0.3, 0.4) is 0 Å². The second-order valence-electron chi connectivity index (χ2n) is 18.2. The van der Waals surface area contributed by atoms with E-state index in [-0.39, 0.29) is 0 Å². The lowest BCUT2D eigenvalue weighted by atomic mass is 9.94. The van der Waals surface area contributed by atoms with Crippen molar-refractivity contribution in [1.82, 2.24) is 0 Å². The largest absolute Gasteiger partial charge is 0.399 e. The fourth-order valence-corrected chi connectivity index (χ4v) is 8.98. The van der Waals surface area contributed by atoms with Crippen LogP contribution in [0.2, 0.25) is 0 Å². The molecule has 0 saturated carbocycles. The highest BCUT2D eigenvalue weighted by Gasteiger charge is 2.08. The van der Waals surface area contributed by atoms with Crippen LogP contribution in [-0.4, -0.2) is 0 Å². The molecule has 59 heavy (non-hydrogen) atoms. The number of nitrogen functional groups attached to an aromatic ring is 2. The van der Waals surface area contributed by atoms with Gasteiger partial charge in [-0.1, -0.05) is 209 Å². The Labute approximate surface area is 363 Å². The van der Waals surface area contributed by atoms with Crippen molar-refractivity contribution < 1.29 is 0 Å². The summed E-state index contributed by atoms with van der Waals surface area (Å²) in [5.74, 6) is 0. The van der Waals surface area contributed by atoms with E-state index in [0.717, 1.165) is 37.1 Å². The molecule has 2 nitrogen and oxygen atoms in total. The molecule has 0 bridgehead atoms. The van der Waals surface area contributed by atoms with Crippen LogP contribution >= 0.6 is 0 Å². The lowest BCUT2D eigenvalue weighted by Gasteiger charge is -2.12. The van der Waals surface area contributed by atoms with Crippen LogP contribution in [-0.2, 0) is 38.5 Å². The van der Waals surface area contributed by atoms with Crippen LogP contribution in [0.15, 0.2) is 84.9 Å². The van der Waals surface area contributed by atoms with E-state index in [2.05, 4.69) is 98.8 Å². The van der Waals surface area contributed by atoms with Crippen LogP contribution in [0.25, 0.3) is 0 Å². The molecule has 4 N–H and O–H groups in total. The number of nitrogens with two attached hydrogens (primary N) is 2. The van der Waals surface area contributed by atoms with E-state index in [1.54, 1.807) is 0 Å². The van der Waals surface area contributed by atoms with Crippen molar-refractivity contribution in [1.29, 1.82) is 0 Å². The molecule has 4 aromatic rings. The zero-order valence-corrected chi connectivity index (χ0v) is 38.2.